The topological polar surface area (TPSA) is 30.2 Å². The van der Waals surface area contributed by atoms with Crippen LogP contribution in [-0.4, -0.2) is 14.4 Å². The van der Waals surface area contributed by atoms with E-state index in [1.54, 1.807) is 0 Å². The van der Waals surface area contributed by atoms with Crippen LogP contribution in [0.4, 0.5) is 0 Å². The first-order chi connectivity index (χ1) is 9.38. The van der Waals surface area contributed by atoms with Gasteiger partial charge in [0.05, 0.1) is 34.8 Å². The molecule has 0 bridgehead atoms. The molecule has 3 aromatic rings. The SMILES string of the molecule is CC(C)c1nc2cc(C(C)(C)C)ccc2n2cncc12. The molecular weight excluding hydrogens is 246 g/mol. The third-order valence-electron chi connectivity index (χ3n) is 3.79. The van der Waals surface area contributed by atoms with Crippen molar-refractivity contribution in [2.24, 2.45) is 0 Å². The summed E-state index contributed by atoms with van der Waals surface area (Å²) in [4.78, 5) is 9.18. The van der Waals surface area contributed by atoms with Gasteiger partial charge in [0.2, 0.25) is 0 Å². The summed E-state index contributed by atoms with van der Waals surface area (Å²) in [6.07, 6.45) is 3.78. The second kappa shape index (κ2) is 4.30. The molecule has 0 fully saturated rings. The molecule has 0 aliphatic carbocycles. The molecule has 0 atom stereocenters. The van der Waals surface area contributed by atoms with Crippen LogP contribution in [0.3, 0.4) is 0 Å². The van der Waals surface area contributed by atoms with Crippen LogP contribution in [0.5, 0.6) is 0 Å². The number of imidazole rings is 1. The van der Waals surface area contributed by atoms with Crippen molar-refractivity contribution in [3.8, 4) is 0 Å². The quantitative estimate of drug-likeness (QED) is 0.658. The van der Waals surface area contributed by atoms with Crippen LogP contribution in [0.2, 0.25) is 0 Å². The highest BCUT2D eigenvalue weighted by Gasteiger charge is 2.16. The van der Waals surface area contributed by atoms with Gasteiger partial charge in [0.25, 0.3) is 0 Å². The monoisotopic (exact) mass is 267 g/mol. The number of hydrogen-bond acceptors (Lipinski definition) is 2. The van der Waals surface area contributed by atoms with Crippen molar-refractivity contribution in [1.82, 2.24) is 14.4 Å². The van der Waals surface area contributed by atoms with Gasteiger partial charge < -0.3 is 0 Å². The minimum atomic E-state index is 0.137. The molecular formula is C17H21N3. The molecule has 0 amide bonds. The molecule has 3 nitrogen and oxygen atoms in total. The third-order valence-corrected chi connectivity index (χ3v) is 3.79. The fourth-order valence-corrected chi connectivity index (χ4v) is 2.57. The number of benzene rings is 1. The normalized spacial score (nSPS) is 12.7. The van der Waals surface area contributed by atoms with Gasteiger partial charge in [-0.2, -0.15) is 0 Å². The van der Waals surface area contributed by atoms with Gasteiger partial charge in [0, 0.05) is 0 Å². The first-order valence-corrected chi connectivity index (χ1v) is 7.14. The summed E-state index contributed by atoms with van der Waals surface area (Å²) in [5.74, 6) is 0.386. The Morgan fingerprint density at radius 2 is 1.85 bits per heavy atom. The Kier molecular flexibility index (Phi) is 2.82. The fraction of sp³-hybridized carbons (Fsp3) is 0.412. The van der Waals surface area contributed by atoms with Gasteiger partial charge in [-0.3, -0.25) is 4.40 Å². The number of nitrogens with zero attached hydrogens (tertiary/aromatic N) is 3. The predicted octanol–water partition coefficient (Wildman–Crippen LogP) is 4.30. The Morgan fingerprint density at radius 1 is 1.10 bits per heavy atom. The molecule has 20 heavy (non-hydrogen) atoms. The zero-order valence-corrected chi connectivity index (χ0v) is 12.8. The molecule has 0 N–H and O–H groups in total. The maximum Gasteiger partial charge on any atom is 0.0998 e. The second-order valence-electron chi connectivity index (χ2n) is 6.75. The maximum atomic E-state index is 4.89. The molecule has 0 unspecified atom stereocenters. The summed E-state index contributed by atoms with van der Waals surface area (Å²) in [5.41, 5.74) is 5.84. The molecule has 0 aliphatic heterocycles. The second-order valence-corrected chi connectivity index (χ2v) is 6.75. The molecule has 0 saturated carbocycles. The molecule has 0 spiro atoms. The van der Waals surface area contributed by atoms with Crippen molar-refractivity contribution in [1.29, 1.82) is 0 Å². The van der Waals surface area contributed by atoms with Gasteiger partial charge in [-0.15, -0.1) is 0 Å². The van der Waals surface area contributed by atoms with Gasteiger partial charge in [-0.05, 0) is 29.0 Å². The van der Waals surface area contributed by atoms with Crippen LogP contribution in [0.25, 0.3) is 16.6 Å². The molecule has 2 aromatic heterocycles. The highest BCUT2D eigenvalue weighted by Crippen LogP contribution is 2.28. The Labute approximate surface area is 119 Å². The van der Waals surface area contributed by atoms with Gasteiger partial charge in [0.1, 0.15) is 0 Å². The molecule has 1 aromatic carbocycles. The van der Waals surface area contributed by atoms with Gasteiger partial charge in [-0.25, -0.2) is 9.97 Å². The van der Waals surface area contributed by atoms with E-state index in [4.69, 9.17) is 4.98 Å². The van der Waals surface area contributed by atoms with E-state index in [1.165, 1.54) is 5.56 Å². The third kappa shape index (κ3) is 1.98. The Morgan fingerprint density at radius 3 is 2.50 bits per heavy atom. The lowest BCUT2D eigenvalue weighted by molar-refractivity contribution is 0.591. The minimum Gasteiger partial charge on any atom is -0.295 e. The van der Waals surface area contributed by atoms with Gasteiger partial charge in [0.15, 0.2) is 0 Å². The molecule has 2 heterocycles. The van der Waals surface area contributed by atoms with E-state index in [0.717, 1.165) is 22.2 Å². The summed E-state index contributed by atoms with van der Waals surface area (Å²) in [7, 11) is 0. The molecule has 3 heteroatoms. The van der Waals surface area contributed by atoms with Crippen molar-refractivity contribution in [3.05, 3.63) is 42.0 Å². The number of fused-ring (bicyclic) bond motifs is 3. The average Bonchev–Trinajstić information content (AvgIpc) is 2.84. The highest BCUT2D eigenvalue weighted by atomic mass is 15.0. The van der Waals surface area contributed by atoms with E-state index in [-0.39, 0.29) is 5.41 Å². The summed E-state index contributed by atoms with van der Waals surface area (Å²) in [5, 5.41) is 0. The first kappa shape index (κ1) is 13.1. The van der Waals surface area contributed by atoms with Crippen molar-refractivity contribution in [2.75, 3.05) is 0 Å². The van der Waals surface area contributed by atoms with Crippen LogP contribution in [0, 0.1) is 0 Å². The summed E-state index contributed by atoms with van der Waals surface area (Å²) >= 11 is 0. The zero-order chi connectivity index (χ0) is 14.5. The van der Waals surface area contributed by atoms with Crippen molar-refractivity contribution in [2.45, 2.75) is 46.0 Å². The van der Waals surface area contributed by atoms with Crippen LogP contribution in [0.15, 0.2) is 30.7 Å². The van der Waals surface area contributed by atoms with E-state index in [0.29, 0.717) is 5.92 Å². The van der Waals surface area contributed by atoms with E-state index in [9.17, 15) is 0 Å². The standard InChI is InChI=1S/C17H21N3/c1-11(2)16-15-9-18-10-20(15)14-7-6-12(17(3,4)5)8-13(14)19-16/h6-11H,1-5H3. The number of rotatable bonds is 1. The molecule has 104 valence electrons. The maximum absolute atomic E-state index is 4.89. The van der Waals surface area contributed by atoms with Crippen molar-refractivity contribution < 1.29 is 0 Å². The number of aromatic nitrogens is 3. The lowest BCUT2D eigenvalue weighted by Crippen LogP contribution is -2.11. The molecule has 0 aliphatic rings. The van der Waals surface area contributed by atoms with Gasteiger partial charge in [-0.1, -0.05) is 40.7 Å². The summed E-state index contributed by atoms with van der Waals surface area (Å²) in [6, 6.07) is 6.56. The lowest BCUT2D eigenvalue weighted by Gasteiger charge is -2.20. The minimum absolute atomic E-state index is 0.137. The van der Waals surface area contributed by atoms with E-state index < -0.39 is 0 Å². The Balaban J connectivity index is 2.38. The Hall–Kier alpha value is -1.90. The van der Waals surface area contributed by atoms with Gasteiger partial charge >= 0.3 is 0 Å². The lowest BCUT2D eigenvalue weighted by atomic mass is 9.87. The van der Waals surface area contributed by atoms with E-state index in [2.05, 4.69) is 62.2 Å². The predicted molar refractivity (Wildman–Crippen MR) is 83.3 cm³/mol. The fourth-order valence-electron chi connectivity index (χ4n) is 2.57. The molecule has 0 saturated heterocycles. The van der Waals surface area contributed by atoms with Crippen molar-refractivity contribution in [3.63, 3.8) is 0 Å². The zero-order valence-electron chi connectivity index (χ0n) is 12.8. The van der Waals surface area contributed by atoms with E-state index in [1.807, 2.05) is 12.5 Å². The summed E-state index contributed by atoms with van der Waals surface area (Å²) < 4.78 is 2.14. The highest BCUT2D eigenvalue weighted by molar-refractivity contribution is 5.80. The first-order valence-electron chi connectivity index (χ1n) is 7.14. The average molecular weight is 267 g/mol. The summed E-state index contributed by atoms with van der Waals surface area (Å²) in [6.45, 7) is 11.0. The smallest absolute Gasteiger partial charge is 0.0998 e. The largest absolute Gasteiger partial charge is 0.295 e. The number of hydrogen-bond donors (Lipinski definition) is 0. The Bertz CT molecular complexity index is 776. The van der Waals surface area contributed by atoms with E-state index >= 15 is 0 Å². The van der Waals surface area contributed by atoms with Crippen molar-refractivity contribution >= 4 is 16.6 Å². The van der Waals surface area contributed by atoms with Crippen LogP contribution in [0.1, 0.15) is 51.8 Å². The van der Waals surface area contributed by atoms with Crippen LogP contribution >= 0.6 is 0 Å². The van der Waals surface area contributed by atoms with Crippen LogP contribution < -0.4 is 0 Å². The molecule has 3 rings (SSSR count). The van der Waals surface area contributed by atoms with Crippen LogP contribution in [-0.2, 0) is 5.41 Å². The molecule has 0 radical (unpaired) electrons.